The van der Waals surface area contributed by atoms with Crippen molar-refractivity contribution in [2.75, 3.05) is 5.73 Å². The van der Waals surface area contributed by atoms with E-state index in [1.165, 1.54) is 6.07 Å². The Kier molecular flexibility index (Phi) is 4.47. The van der Waals surface area contributed by atoms with E-state index in [9.17, 15) is 18.0 Å². The van der Waals surface area contributed by atoms with Crippen LogP contribution in [0.3, 0.4) is 0 Å². The average Bonchev–Trinajstić information content (AvgIpc) is 2.53. The number of benzene rings is 2. The number of fused-ring (bicyclic) bond motifs is 1. The number of anilines is 1. The third kappa shape index (κ3) is 3.79. The van der Waals surface area contributed by atoms with Crippen LogP contribution in [-0.4, -0.2) is 0 Å². The van der Waals surface area contributed by atoms with Gasteiger partial charge in [-0.2, -0.15) is 13.2 Å². The van der Waals surface area contributed by atoms with Crippen molar-refractivity contribution in [2.45, 2.75) is 12.8 Å². The van der Waals surface area contributed by atoms with Crippen molar-refractivity contribution in [1.29, 1.82) is 0 Å². The van der Waals surface area contributed by atoms with Crippen LogP contribution in [-0.2, 0) is 12.8 Å². The molecule has 0 bridgehead atoms. The molecule has 0 amide bonds. The van der Waals surface area contributed by atoms with Gasteiger partial charge in [-0.3, -0.25) is 0 Å². The minimum Gasteiger partial charge on any atom is -0.487 e. The Morgan fingerprint density at radius 1 is 1.12 bits per heavy atom. The van der Waals surface area contributed by atoms with Gasteiger partial charge in [0.1, 0.15) is 17.9 Å². The molecule has 0 aliphatic heterocycles. The van der Waals surface area contributed by atoms with Crippen LogP contribution in [0.25, 0.3) is 11.0 Å². The van der Waals surface area contributed by atoms with Crippen LogP contribution >= 0.6 is 15.9 Å². The molecule has 2 aromatic carbocycles. The van der Waals surface area contributed by atoms with E-state index < -0.39 is 17.4 Å². The standard InChI is InChI=1S/C17H11BrF3NO3/c18-10-3-1-9(2-4-10)8-24-15-7-14-11(5-13(15)22)12(17(19,20)21)6-16(23)25-14/h1-7H,8,22H2. The maximum absolute atomic E-state index is 13.1. The molecule has 3 rings (SSSR count). The highest BCUT2D eigenvalue weighted by atomic mass is 79.9. The van der Waals surface area contributed by atoms with E-state index in [1.54, 1.807) is 0 Å². The van der Waals surface area contributed by atoms with Gasteiger partial charge in [-0.15, -0.1) is 0 Å². The Hall–Kier alpha value is -2.48. The Morgan fingerprint density at radius 2 is 1.80 bits per heavy atom. The van der Waals surface area contributed by atoms with E-state index in [0.717, 1.165) is 16.1 Å². The molecular weight excluding hydrogens is 403 g/mol. The van der Waals surface area contributed by atoms with Gasteiger partial charge in [-0.05, 0) is 23.8 Å². The minimum atomic E-state index is -4.69. The molecule has 0 radical (unpaired) electrons. The SMILES string of the molecule is Nc1cc2c(C(F)(F)F)cc(=O)oc2cc1OCc1ccc(Br)cc1. The number of rotatable bonds is 3. The molecule has 1 heterocycles. The lowest BCUT2D eigenvalue weighted by molar-refractivity contribution is -0.136. The summed E-state index contributed by atoms with van der Waals surface area (Å²) in [6, 6.07) is 10.0. The summed E-state index contributed by atoms with van der Waals surface area (Å²) in [6.07, 6.45) is -4.69. The third-order valence-electron chi connectivity index (χ3n) is 3.49. The van der Waals surface area contributed by atoms with E-state index in [-0.39, 0.29) is 29.0 Å². The van der Waals surface area contributed by atoms with Crippen molar-refractivity contribution >= 4 is 32.6 Å². The maximum atomic E-state index is 13.1. The van der Waals surface area contributed by atoms with Crippen molar-refractivity contribution in [3.05, 3.63) is 68.5 Å². The van der Waals surface area contributed by atoms with Gasteiger partial charge in [0.2, 0.25) is 0 Å². The molecule has 25 heavy (non-hydrogen) atoms. The Bertz CT molecular complexity index is 981. The maximum Gasteiger partial charge on any atom is 0.417 e. The van der Waals surface area contributed by atoms with Crippen molar-refractivity contribution in [1.82, 2.24) is 0 Å². The second-order valence-corrected chi connectivity index (χ2v) is 6.19. The molecule has 2 N–H and O–H groups in total. The summed E-state index contributed by atoms with van der Waals surface area (Å²) < 4.78 is 50.5. The van der Waals surface area contributed by atoms with Gasteiger partial charge < -0.3 is 14.9 Å². The van der Waals surface area contributed by atoms with Crippen molar-refractivity contribution in [3.63, 3.8) is 0 Å². The van der Waals surface area contributed by atoms with Gasteiger partial charge >= 0.3 is 11.8 Å². The molecule has 4 nitrogen and oxygen atoms in total. The van der Waals surface area contributed by atoms with Gasteiger partial charge in [-0.25, -0.2) is 4.79 Å². The minimum absolute atomic E-state index is 0.0176. The number of halogens is 4. The van der Waals surface area contributed by atoms with Gasteiger partial charge in [0.05, 0.1) is 11.3 Å². The van der Waals surface area contributed by atoms with Crippen molar-refractivity contribution in [3.8, 4) is 5.75 Å². The monoisotopic (exact) mass is 413 g/mol. The van der Waals surface area contributed by atoms with Crippen LogP contribution in [0.1, 0.15) is 11.1 Å². The molecule has 1 aromatic heterocycles. The summed E-state index contributed by atoms with van der Waals surface area (Å²) in [5, 5.41) is -0.291. The Morgan fingerprint density at radius 3 is 2.44 bits per heavy atom. The lowest BCUT2D eigenvalue weighted by Gasteiger charge is -2.13. The second kappa shape index (κ2) is 6.44. The predicted molar refractivity (Wildman–Crippen MR) is 90.4 cm³/mol. The van der Waals surface area contributed by atoms with Crippen LogP contribution in [0, 0.1) is 0 Å². The highest BCUT2D eigenvalue weighted by Gasteiger charge is 2.34. The molecule has 0 atom stereocenters. The van der Waals surface area contributed by atoms with Crippen molar-refractivity contribution in [2.24, 2.45) is 0 Å². The van der Waals surface area contributed by atoms with Gasteiger partial charge in [-0.1, -0.05) is 28.1 Å². The first kappa shape index (κ1) is 17.3. The van der Waals surface area contributed by atoms with Crippen LogP contribution in [0.5, 0.6) is 5.75 Å². The van der Waals surface area contributed by atoms with Gasteiger partial charge in [0, 0.05) is 22.0 Å². The van der Waals surface area contributed by atoms with Crippen LogP contribution in [0.4, 0.5) is 18.9 Å². The molecule has 130 valence electrons. The summed E-state index contributed by atoms with van der Waals surface area (Å²) >= 11 is 3.32. The van der Waals surface area contributed by atoms with Gasteiger partial charge in [0.25, 0.3) is 0 Å². The smallest absolute Gasteiger partial charge is 0.417 e. The molecule has 3 aromatic rings. The Balaban J connectivity index is 1.99. The molecule has 0 aliphatic carbocycles. The average molecular weight is 414 g/mol. The summed E-state index contributed by atoms with van der Waals surface area (Å²) in [5.41, 5.74) is 4.24. The molecule has 8 heteroatoms. The van der Waals surface area contributed by atoms with Crippen LogP contribution in [0.2, 0.25) is 0 Å². The van der Waals surface area contributed by atoms with E-state index in [4.69, 9.17) is 14.9 Å². The van der Waals surface area contributed by atoms with Crippen LogP contribution < -0.4 is 16.1 Å². The third-order valence-corrected chi connectivity index (χ3v) is 4.02. The molecule has 0 aliphatic rings. The van der Waals surface area contributed by atoms with E-state index in [2.05, 4.69) is 15.9 Å². The van der Waals surface area contributed by atoms with E-state index in [0.29, 0.717) is 6.07 Å². The number of ether oxygens (including phenoxy) is 1. The van der Waals surface area contributed by atoms with Gasteiger partial charge in [0.15, 0.2) is 0 Å². The zero-order valence-corrected chi connectivity index (χ0v) is 14.1. The second-order valence-electron chi connectivity index (χ2n) is 5.28. The number of alkyl halides is 3. The quantitative estimate of drug-likeness (QED) is 0.497. The highest BCUT2D eigenvalue weighted by molar-refractivity contribution is 9.10. The first-order valence-corrected chi connectivity index (χ1v) is 7.85. The summed E-state index contributed by atoms with van der Waals surface area (Å²) in [4.78, 5) is 11.4. The molecule has 0 unspecified atom stereocenters. The molecule has 0 saturated carbocycles. The topological polar surface area (TPSA) is 65.5 Å². The molecule has 0 saturated heterocycles. The fraction of sp³-hybridized carbons (Fsp3) is 0.118. The molecular formula is C17H11BrF3NO3. The number of hydrogen-bond donors (Lipinski definition) is 1. The van der Waals surface area contributed by atoms with Crippen LogP contribution in [0.15, 0.2) is 56.1 Å². The van der Waals surface area contributed by atoms with Crippen molar-refractivity contribution < 1.29 is 22.3 Å². The summed E-state index contributed by atoms with van der Waals surface area (Å²) in [6.45, 7) is 0.159. The first-order chi connectivity index (χ1) is 11.7. The first-order valence-electron chi connectivity index (χ1n) is 7.06. The number of hydrogen-bond acceptors (Lipinski definition) is 4. The normalized spacial score (nSPS) is 11.7. The lowest BCUT2D eigenvalue weighted by atomic mass is 10.1. The molecule has 0 spiro atoms. The zero-order chi connectivity index (χ0) is 18.2. The fourth-order valence-corrected chi connectivity index (χ4v) is 2.57. The largest absolute Gasteiger partial charge is 0.487 e. The fourth-order valence-electron chi connectivity index (χ4n) is 2.31. The molecule has 0 fully saturated rings. The summed E-state index contributed by atoms with van der Waals surface area (Å²) in [7, 11) is 0. The van der Waals surface area contributed by atoms with E-state index in [1.807, 2.05) is 24.3 Å². The highest BCUT2D eigenvalue weighted by Crippen LogP contribution is 2.37. The lowest BCUT2D eigenvalue weighted by Crippen LogP contribution is -2.11. The Labute approximate surface area is 148 Å². The predicted octanol–water partition coefficient (Wildman–Crippen LogP) is 4.74. The number of nitrogen functional groups attached to an aromatic ring is 1. The summed E-state index contributed by atoms with van der Waals surface area (Å²) in [5.74, 6) is 0.137. The van der Waals surface area contributed by atoms with E-state index >= 15 is 0 Å². The number of nitrogens with two attached hydrogens (primary N) is 1. The zero-order valence-electron chi connectivity index (χ0n) is 12.6.